The zero-order chi connectivity index (χ0) is 23.5. The summed E-state index contributed by atoms with van der Waals surface area (Å²) in [5, 5.41) is 0. The number of rotatable bonds is 6. The van der Waals surface area contributed by atoms with Crippen LogP contribution in [0.5, 0.6) is 0 Å². The highest BCUT2D eigenvalue weighted by Gasteiger charge is 2.30. The summed E-state index contributed by atoms with van der Waals surface area (Å²) in [7, 11) is -7.02. The number of piperazine rings is 1. The van der Waals surface area contributed by atoms with Gasteiger partial charge in [-0.05, 0) is 43.3 Å². The number of aryl methyl sites for hydroxylation is 1. The fourth-order valence-corrected chi connectivity index (χ4v) is 5.23. The maximum Gasteiger partial charge on any atom is 0.338 e. The van der Waals surface area contributed by atoms with E-state index in [9.17, 15) is 26.4 Å². The first-order chi connectivity index (χ1) is 15.0. The van der Waals surface area contributed by atoms with Gasteiger partial charge in [-0.1, -0.05) is 17.7 Å². The second-order valence-electron chi connectivity index (χ2n) is 7.47. The quantitative estimate of drug-likeness (QED) is 0.568. The molecule has 1 aliphatic heterocycles. The Bertz CT molecular complexity index is 1200. The molecule has 2 aromatic rings. The smallest absolute Gasteiger partial charge is 0.338 e. The molecule has 1 aliphatic rings. The first kappa shape index (κ1) is 23.9. The Kier molecular flexibility index (Phi) is 7.01. The van der Waals surface area contributed by atoms with Crippen molar-refractivity contribution in [2.45, 2.75) is 16.7 Å². The van der Waals surface area contributed by atoms with Crippen LogP contribution in [0.25, 0.3) is 0 Å². The molecule has 11 heteroatoms. The van der Waals surface area contributed by atoms with E-state index in [1.165, 1.54) is 33.5 Å². The lowest BCUT2D eigenvalue weighted by molar-refractivity contribution is -0.135. The standard InChI is InChI=1S/C21H24N2O7S2/c1-16-3-7-19(8-4-16)32(28,29)23-13-11-22(12-14-23)20(24)15-30-21(25)17-5-9-18(10-6-17)31(2,26)27/h3-10H,11-15H2,1-2H3. The highest BCUT2D eigenvalue weighted by molar-refractivity contribution is 7.90. The van der Waals surface area contributed by atoms with Crippen molar-refractivity contribution in [3.63, 3.8) is 0 Å². The van der Waals surface area contributed by atoms with Crippen LogP contribution in [0.4, 0.5) is 0 Å². The van der Waals surface area contributed by atoms with E-state index in [1.54, 1.807) is 24.3 Å². The van der Waals surface area contributed by atoms with Gasteiger partial charge in [-0.15, -0.1) is 0 Å². The lowest BCUT2D eigenvalue weighted by Gasteiger charge is -2.33. The van der Waals surface area contributed by atoms with E-state index in [-0.39, 0.29) is 41.5 Å². The second-order valence-corrected chi connectivity index (χ2v) is 11.4. The van der Waals surface area contributed by atoms with Crippen LogP contribution in [-0.4, -0.2) is 77.0 Å². The first-order valence-corrected chi connectivity index (χ1v) is 13.1. The van der Waals surface area contributed by atoms with Gasteiger partial charge in [0.25, 0.3) is 5.91 Å². The third kappa shape index (κ3) is 5.53. The average molecular weight is 481 g/mol. The Balaban J connectivity index is 1.52. The molecular weight excluding hydrogens is 456 g/mol. The molecular formula is C21H24N2O7S2. The number of hydrogen-bond donors (Lipinski definition) is 0. The summed E-state index contributed by atoms with van der Waals surface area (Å²) in [4.78, 5) is 26.2. The van der Waals surface area contributed by atoms with Crippen molar-refractivity contribution < 1.29 is 31.2 Å². The van der Waals surface area contributed by atoms with Crippen LogP contribution >= 0.6 is 0 Å². The predicted molar refractivity (Wildman–Crippen MR) is 116 cm³/mol. The summed E-state index contributed by atoms with van der Waals surface area (Å²) in [6.07, 6.45) is 1.06. The number of nitrogens with zero attached hydrogens (tertiary/aromatic N) is 2. The van der Waals surface area contributed by atoms with E-state index >= 15 is 0 Å². The molecule has 0 unspecified atom stereocenters. The van der Waals surface area contributed by atoms with Gasteiger partial charge in [0.15, 0.2) is 16.4 Å². The van der Waals surface area contributed by atoms with Crippen LogP contribution in [0.2, 0.25) is 0 Å². The number of hydrogen-bond acceptors (Lipinski definition) is 7. The van der Waals surface area contributed by atoms with E-state index in [4.69, 9.17) is 4.74 Å². The minimum absolute atomic E-state index is 0.0728. The average Bonchev–Trinajstić information content (AvgIpc) is 2.77. The number of amides is 1. The highest BCUT2D eigenvalue weighted by atomic mass is 32.2. The number of ether oxygens (including phenoxy) is 1. The molecule has 0 aliphatic carbocycles. The van der Waals surface area contributed by atoms with E-state index < -0.39 is 38.3 Å². The molecule has 1 saturated heterocycles. The van der Waals surface area contributed by atoms with E-state index in [0.29, 0.717) is 0 Å². The van der Waals surface area contributed by atoms with Crippen LogP contribution in [0.3, 0.4) is 0 Å². The van der Waals surface area contributed by atoms with Gasteiger partial charge in [-0.3, -0.25) is 4.79 Å². The fraction of sp³-hybridized carbons (Fsp3) is 0.333. The van der Waals surface area contributed by atoms with Gasteiger partial charge in [0.05, 0.1) is 15.4 Å². The Hall–Kier alpha value is -2.76. The molecule has 0 aromatic heterocycles. The number of carbonyl (C=O) groups excluding carboxylic acids is 2. The monoisotopic (exact) mass is 480 g/mol. The van der Waals surface area contributed by atoms with Gasteiger partial charge < -0.3 is 9.64 Å². The van der Waals surface area contributed by atoms with Gasteiger partial charge in [-0.2, -0.15) is 4.31 Å². The van der Waals surface area contributed by atoms with Crippen LogP contribution in [0.1, 0.15) is 15.9 Å². The molecule has 32 heavy (non-hydrogen) atoms. The predicted octanol–water partition coefficient (Wildman–Crippen LogP) is 1.09. The maximum absolute atomic E-state index is 12.7. The summed E-state index contributed by atoms with van der Waals surface area (Å²) in [6, 6.07) is 11.8. The molecule has 0 N–H and O–H groups in total. The van der Waals surface area contributed by atoms with Gasteiger partial charge >= 0.3 is 5.97 Å². The molecule has 172 valence electrons. The number of carbonyl (C=O) groups is 2. The Morgan fingerprint density at radius 1 is 0.844 bits per heavy atom. The number of sulfonamides is 1. The van der Waals surface area contributed by atoms with Crippen molar-refractivity contribution in [1.82, 2.24) is 9.21 Å². The third-order valence-electron chi connectivity index (χ3n) is 5.10. The zero-order valence-corrected chi connectivity index (χ0v) is 19.4. The van der Waals surface area contributed by atoms with Crippen molar-refractivity contribution in [3.8, 4) is 0 Å². The molecule has 1 amide bonds. The van der Waals surface area contributed by atoms with Gasteiger partial charge in [0.2, 0.25) is 10.0 Å². The van der Waals surface area contributed by atoms with Gasteiger partial charge in [-0.25, -0.2) is 21.6 Å². The number of esters is 1. The minimum atomic E-state index is -3.64. The zero-order valence-electron chi connectivity index (χ0n) is 17.7. The summed E-state index contributed by atoms with van der Waals surface area (Å²) in [5.74, 6) is -1.18. The molecule has 3 rings (SSSR count). The Morgan fingerprint density at radius 2 is 1.38 bits per heavy atom. The number of sulfone groups is 1. The molecule has 1 fully saturated rings. The van der Waals surface area contributed by atoms with Crippen LogP contribution in [0, 0.1) is 6.92 Å². The fourth-order valence-electron chi connectivity index (χ4n) is 3.18. The summed E-state index contributed by atoms with van der Waals surface area (Å²) in [6.45, 7) is 2.04. The van der Waals surface area contributed by atoms with Crippen LogP contribution in [0.15, 0.2) is 58.3 Å². The summed E-state index contributed by atoms with van der Waals surface area (Å²) in [5.41, 5.74) is 1.08. The molecule has 0 saturated carbocycles. The van der Waals surface area contributed by atoms with Crippen molar-refractivity contribution in [2.75, 3.05) is 39.0 Å². The molecule has 0 bridgehead atoms. The Morgan fingerprint density at radius 3 is 1.91 bits per heavy atom. The van der Waals surface area contributed by atoms with Gasteiger partial charge in [0, 0.05) is 32.4 Å². The van der Waals surface area contributed by atoms with Crippen molar-refractivity contribution in [1.29, 1.82) is 0 Å². The summed E-state index contributed by atoms with van der Waals surface area (Å²) < 4.78 is 54.8. The van der Waals surface area contributed by atoms with Crippen LogP contribution in [-0.2, 0) is 29.4 Å². The molecule has 1 heterocycles. The first-order valence-electron chi connectivity index (χ1n) is 9.80. The second kappa shape index (κ2) is 9.39. The largest absolute Gasteiger partial charge is 0.452 e. The molecule has 0 atom stereocenters. The van der Waals surface area contributed by atoms with Crippen LogP contribution < -0.4 is 0 Å². The molecule has 2 aromatic carbocycles. The van der Waals surface area contributed by atoms with E-state index in [2.05, 4.69) is 0 Å². The number of benzene rings is 2. The molecule has 0 spiro atoms. The van der Waals surface area contributed by atoms with Gasteiger partial charge in [0.1, 0.15) is 0 Å². The topological polar surface area (TPSA) is 118 Å². The van der Waals surface area contributed by atoms with Crippen molar-refractivity contribution >= 4 is 31.7 Å². The van der Waals surface area contributed by atoms with E-state index in [1.807, 2.05) is 6.92 Å². The summed E-state index contributed by atoms with van der Waals surface area (Å²) >= 11 is 0. The lowest BCUT2D eigenvalue weighted by atomic mass is 10.2. The highest BCUT2D eigenvalue weighted by Crippen LogP contribution is 2.18. The molecule has 9 nitrogen and oxygen atoms in total. The van der Waals surface area contributed by atoms with E-state index in [0.717, 1.165) is 11.8 Å². The van der Waals surface area contributed by atoms with Crippen molar-refractivity contribution in [3.05, 3.63) is 59.7 Å². The SMILES string of the molecule is Cc1ccc(S(=O)(=O)N2CCN(C(=O)COC(=O)c3ccc(S(C)(=O)=O)cc3)CC2)cc1. The normalized spacial score (nSPS) is 15.4. The lowest BCUT2D eigenvalue weighted by Crippen LogP contribution is -2.51. The van der Waals surface area contributed by atoms with Crippen molar-refractivity contribution in [2.24, 2.45) is 0 Å². The Labute approximate surface area is 187 Å². The third-order valence-corrected chi connectivity index (χ3v) is 8.14. The molecule has 0 radical (unpaired) electrons. The maximum atomic E-state index is 12.7. The minimum Gasteiger partial charge on any atom is -0.452 e.